The van der Waals surface area contributed by atoms with Gasteiger partial charge in [0.2, 0.25) is 0 Å². The lowest BCUT2D eigenvalue weighted by Crippen LogP contribution is -2.05. The summed E-state index contributed by atoms with van der Waals surface area (Å²) in [7, 11) is 0. The first-order chi connectivity index (χ1) is 7.66. The first kappa shape index (κ1) is 10.2. The van der Waals surface area contributed by atoms with E-state index < -0.39 is 5.97 Å². The Morgan fingerprint density at radius 1 is 1.50 bits per heavy atom. The third-order valence-corrected chi connectivity index (χ3v) is 2.04. The Hall–Kier alpha value is -2.37. The third-order valence-electron chi connectivity index (χ3n) is 2.04. The van der Waals surface area contributed by atoms with Gasteiger partial charge in [-0.15, -0.1) is 0 Å². The molecule has 0 amide bonds. The molecule has 2 heterocycles. The van der Waals surface area contributed by atoms with Crippen LogP contribution in [-0.4, -0.2) is 25.8 Å². The molecule has 2 rings (SSSR count). The van der Waals surface area contributed by atoms with Crippen LogP contribution in [0, 0.1) is 0 Å². The van der Waals surface area contributed by atoms with Gasteiger partial charge in [-0.05, 0) is 12.1 Å². The van der Waals surface area contributed by atoms with Gasteiger partial charge in [0.15, 0.2) is 5.69 Å². The number of aromatic carboxylic acids is 1. The van der Waals surface area contributed by atoms with Crippen LogP contribution in [0.2, 0.25) is 0 Å². The number of anilines is 1. The van der Waals surface area contributed by atoms with E-state index in [4.69, 9.17) is 10.8 Å². The van der Waals surface area contributed by atoms with Crippen molar-refractivity contribution in [1.29, 1.82) is 0 Å². The number of nitrogens with two attached hydrogens (primary N) is 1. The van der Waals surface area contributed by atoms with E-state index in [2.05, 4.69) is 10.1 Å². The van der Waals surface area contributed by atoms with Crippen LogP contribution < -0.4 is 5.73 Å². The molecule has 0 aliphatic carbocycles. The summed E-state index contributed by atoms with van der Waals surface area (Å²) in [5.74, 6) is -1.13. The molecule has 0 aromatic carbocycles. The molecule has 0 unspecified atom stereocenters. The molecule has 0 radical (unpaired) electrons. The van der Waals surface area contributed by atoms with Gasteiger partial charge in [-0.25, -0.2) is 4.79 Å². The summed E-state index contributed by atoms with van der Waals surface area (Å²) in [6.45, 7) is 0.401. The largest absolute Gasteiger partial charge is 0.476 e. The van der Waals surface area contributed by atoms with Gasteiger partial charge in [-0.1, -0.05) is 6.07 Å². The van der Waals surface area contributed by atoms with Crippen molar-refractivity contribution < 1.29 is 9.90 Å². The number of nitrogen functional groups attached to an aromatic ring is 1. The van der Waals surface area contributed by atoms with Crippen LogP contribution in [0.3, 0.4) is 0 Å². The number of hydrogen-bond donors (Lipinski definition) is 2. The van der Waals surface area contributed by atoms with Gasteiger partial charge in [0.05, 0.1) is 17.9 Å². The normalized spacial score (nSPS) is 10.2. The van der Waals surface area contributed by atoms with Gasteiger partial charge in [0, 0.05) is 12.4 Å². The summed E-state index contributed by atoms with van der Waals surface area (Å²) in [5, 5.41) is 12.6. The molecule has 16 heavy (non-hydrogen) atoms. The van der Waals surface area contributed by atoms with Gasteiger partial charge in [0.25, 0.3) is 0 Å². The highest BCUT2D eigenvalue weighted by Gasteiger charge is 2.13. The standard InChI is InChI=1S/C10H10N4O2/c11-8-6-14(13-9(8)10(15)16)5-7-3-1-2-4-12-7/h1-4,6H,5,11H2,(H,15,16). The fourth-order valence-electron chi connectivity index (χ4n) is 1.34. The minimum atomic E-state index is -1.13. The van der Waals surface area contributed by atoms with Gasteiger partial charge in [-0.2, -0.15) is 5.10 Å². The zero-order chi connectivity index (χ0) is 11.5. The quantitative estimate of drug-likeness (QED) is 0.787. The monoisotopic (exact) mass is 218 g/mol. The van der Waals surface area contributed by atoms with Crippen LogP contribution in [0.25, 0.3) is 0 Å². The van der Waals surface area contributed by atoms with E-state index >= 15 is 0 Å². The van der Waals surface area contributed by atoms with Crippen LogP contribution >= 0.6 is 0 Å². The number of carbonyl (C=O) groups is 1. The van der Waals surface area contributed by atoms with Crippen LogP contribution in [0.5, 0.6) is 0 Å². The van der Waals surface area contributed by atoms with E-state index in [1.807, 2.05) is 18.2 Å². The highest BCUT2D eigenvalue weighted by Crippen LogP contribution is 2.09. The van der Waals surface area contributed by atoms with Crippen molar-refractivity contribution in [1.82, 2.24) is 14.8 Å². The second-order valence-electron chi connectivity index (χ2n) is 3.26. The maximum Gasteiger partial charge on any atom is 0.358 e. The maximum absolute atomic E-state index is 10.7. The first-order valence-corrected chi connectivity index (χ1v) is 4.63. The number of pyridine rings is 1. The number of nitrogens with zero attached hydrogens (tertiary/aromatic N) is 3. The Bertz CT molecular complexity index is 507. The van der Waals surface area contributed by atoms with Crippen molar-refractivity contribution in [3.63, 3.8) is 0 Å². The lowest BCUT2D eigenvalue weighted by molar-refractivity contribution is 0.0690. The molecule has 2 aromatic heterocycles. The molecule has 6 nitrogen and oxygen atoms in total. The van der Waals surface area contributed by atoms with E-state index in [1.54, 1.807) is 6.20 Å². The minimum Gasteiger partial charge on any atom is -0.476 e. The van der Waals surface area contributed by atoms with Crippen molar-refractivity contribution >= 4 is 11.7 Å². The number of carboxylic acid groups (broad SMARTS) is 1. The summed E-state index contributed by atoms with van der Waals surface area (Å²) in [6, 6.07) is 5.50. The molecule has 0 bridgehead atoms. The van der Waals surface area contributed by atoms with Crippen LogP contribution in [0.4, 0.5) is 5.69 Å². The Kier molecular flexibility index (Phi) is 2.55. The third kappa shape index (κ3) is 2.00. The lowest BCUT2D eigenvalue weighted by atomic mass is 10.3. The lowest BCUT2D eigenvalue weighted by Gasteiger charge is -1.99. The number of hydrogen-bond acceptors (Lipinski definition) is 4. The average molecular weight is 218 g/mol. The molecule has 0 saturated heterocycles. The van der Waals surface area contributed by atoms with Crippen LogP contribution in [-0.2, 0) is 6.54 Å². The average Bonchev–Trinajstić information content (AvgIpc) is 2.61. The molecular formula is C10H10N4O2. The van der Waals surface area contributed by atoms with E-state index in [9.17, 15) is 4.79 Å². The highest BCUT2D eigenvalue weighted by molar-refractivity contribution is 5.91. The van der Waals surface area contributed by atoms with Gasteiger partial charge < -0.3 is 10.8 Å². The fourth-order valence-corrected chi connectivity index (χ4v) is 1.34. The summed E-state index contributed by atoms with van der Waals surface area (Å²) in [6.07, 6.45) is 3.15. The highest BCUT2D eigenvalue weighted by atomic mass is 16.4. The van der Waals surface area contributed by atoms with Crippen LogP contribution in [0.1, 0.15) is 16.2 Å². The number of carboxylic acids is 1. The predicted molar refractivity (Wildman–Crippen MR) is 56.9 cm³/mol. The van der Waals surface area contributed by atoms with Crippen molar-refractivity contribution in [2.24, 2.45) is 0 Å². The van der Waals surface area contributed by atoms with Gasteiger partial charge in [0.1, 0.15) is 0 Å². The Morgan fingerprint density at radius 3 is 2.88 bits per heavy atom. The van der Waals surface area contributed by atoms with E-state index in [0.717, 1.165) is 5.69 Å². The topological polar surface area (TPSA) is 94.0 Å². The SMILES string of the molecule is Nc1cn(Cc2ccccn2)nc1C(=O)O. The van der Waals surface area contributed by atoms with E-state index in [0.29, 0.717) is 6.54 Å². The first-order valence-electron chi connectivity index (χ1n) is 4.63. The zero-order valence-corrected chi connectivity index (χ0v) is 8.37. The number of aromatic nitrogens is 3. The van der Waals surface area contributed by atoms with E-state index in [1.165, 1.54) is 10.9 Å². The summed E-state index contributed by atoms with van der Waals surface area (Å²) in [4.78, 5) is 14.8. The Labute approximate surface area is 91.3 Å². The maximum atomic E-state index is 10.7. The number of rotatable bonds is 3. The molecule has 0 aliphatic rings. The molecule has 0 atom stereocenters. The molecule has 0 spiro atoms. The Morgan fingerprint density at radius 2 is 2.31 bits per heavy atom. The molecule has 82 valence electrons. The van der Waals surface area contributed by atoms with E-state index in [-0.39, 0.29) is 11.4 Å². The zero-order valence-electron chi connectivity index (χ0n) is 8.37. The molecule has 0 saturated carbocycles. The second-order valence-corrected chi connectivity index (χ2v) is 3.26. The molecule has 0 fully saturated rings. The molecule has 0 aliphatic heterocycles. The summed E-state index contributed by atoms with van der Waals surface area (Å²) < 4.78 is 1.46. The minimum absolute atomic E-state index is 0.129. The van der Waals surface area contributed by atoms with Crippen molar-refractivity contribution in [2.45, 2.75) is 6.54 Å². The predicted octanol–water partition coefficient (Wildman–Crippen LogP) is 0.607. The molecule has 2 aromatic rings. The smallest absolute Gasteiger partial charge is 0.358 e. The van der Waals surface area contributed by atoms with Gasteiger partial charge >= 0.3 is 5.97 Å². The van der Waals surface area contributed by atoms with Crippen molar-refractivity contribution in [3.8, 4) is 0 Å². The molecule has 3 N–H and O–H groups in total. The Balaban J connectivity index is 2.23. The van der Waals surface area contributed by atoms with Crippen molar-refractivity contribution in [2.75, 3.05) is 5.73 Å². The fraction of sp³-hybridized carbons (Fsp3) is 0.100. The second kappa shape index (κ2) is 4.01. The summed E-state index contributed by atoms with van der Waals surface area (Å²) >= 11 is 0. The molecule has 6 heteroatoms. The molecular weight excluding hydrogens is 208 g/mol. The van der Waals surface area contributed by atoms with Crippen LogP contribution in [0.15, 0.2) is 30.6 Å². The summed E-state index contributed by atoms with van der Waals surface area (Å²) in [5.41, 5.74) is 6.33. The van der Waals surface area contributed by atoms with Gasteiger partial charge in [-0.3, -0.25) is 9.67 Å². The van der Waals surface area contributed by atoms with Crippen molar-refractivity contribution in [3.05, 3.63) is 42.0 Å².